The van der Waals surface area contributed by atoms with Gasteiger partial charge in [0.2, 0.25) is 11.7 Å². The van der Waals surface area contributed by atoms with E-state index in [1.54, 1.807) is 24.3 Å². The van der Waals surface area contributed by atoms with Crippen LogP contribution in [0, 0.1) is 0 Å². The van der Waals surface area contributed by atoms with E-state index in [1.165, 1.54) is 11.2 Å². The van der Waals surface area contributed by atoms with Gasteiger partial charge in [0.15, 0.2) is 5.82 Å². The summed E-state index contributed by atoms with van der Waals surface area (Å²) in [6, 6.07) is 14.8. The summed E-state index contributed by atoms with van der Waals surface area (Å²) in [6.45, 7) is 0.868. The lowest BCUT2D eigenvalue weighted by molar-refractivity contribution is -0.117. The van der Waals surface area contributed by atoms with Crippen molar-refractivity contribution in [2.24, 2.45) is 0 Å². The molecule has 1 aliphatic rings. The molecule has 1 aliphatic heterocycles. The predicted octanol–water partition coefficient (Wildman–Crippen LogP) is 3.62. The molecule has 0 bridgehead atoms. The number of hydrogen-bond acceptors (Lipinski definition) is 6. The molecule has 9 nitrogen and oxygen atoms in total. The van der Waals surface area contributed by atoms with Crippen molar-refractivity contribution < 1.29 is 4.79 Å². The number of fused-ring (bicyclic) bond motifs is 1. The number of amides is 1. The van der Waals surface area contributed by atoms with Crippen LogP contribution in [0.3, 0.4) is 0 Å². The molecule has 0 spiro atoms. The molecule has 5 rings (SSSR count). The first kappa shape index (κ1) is 20.3. The van der Waals surface area contributed by atoms with Gasteiger partial charge in [-0.3, -0.25) is 4.79 Å². The number of aryl methyl sites for hydroxylation is 1. The topological polar surface area (TPSA) is 103 Å². The van der Waals surface area contributed by atoms with Crippen LogP contribution in [0.15, 0.2) is 48.5 Å². The monoisotopic (exact) mass is 448 g/mol. The standard InChI is InChI=1S/C22H21ClN8O/c23-17-10-8-15(9-11-17)21-26-29-31(28-21)14-20(32)24-18-6-4-5-16(13-18)22-27-25-19-7-2-1-3-12-30(19)22/h4-6,8-11,13H,1-3,7,12,14H2,(H,24,32). The molecule has 4 aromatic rings. The Morgan fingerprint density at radius 1 is 1.00 bits per heavy atom. The Kier molecular flexibility index (Phi) is 5.64. The zero-order valence-electron chi connectivity index (χ0n) is 17.3. The highest BCUT2D eigenvalue weighted by atomic mass is 35.5. The molecule has 0 aliphatic carbocycles. The number of nitrogens with one attached hydrogen (secondary N) is 1. The van der Waals surface area contributed by atoms with Gasteiger partial charge in [-0.2, -0.15) is 4.80 Å². The van der Waals surface area contributed by atoms with Crippen molar-refractivity contribution in [1.29, 1.82) is 0 Å². The van der Waals surface area contributed by atoms with Crippen LogP contribution in [0.4, 0.5) is 5.69 Å². The average Bonchev–Trinajstić information content (AvgIpc) is 3.35. The number of carbonyl (C=O) groups is 1. The second kappa shape index (κ2) is 8.88. The number of benzene rings is 2. The summed E-state index contributed by atoms with van der Waals surface area (Å²) < 4.78 is 2.19. The first-order valence-electron chi connectivity index (χ1n) is 10.5. The number of rotatable bonds is 5. The lowest BCUT2D eigenvalue weighted by atomic mass is 10.2. The maximum atomic E-state index is 12.6. The molecule has 32 heavy (non-hydrogen) atoms. The van der Waals surface area contributed by atoms with Crippen molar-refractivity contribution in [3.63, 3.8) is 0 Å². The normalized spacial score (nSPS) is 13.4. The Balaban J connectivity index is 1.28. The molecule has 0 atom stereocenters. The molecule has 2 aromatic carbocycles. The van der Waals surface area contributed by atoms with Crippen molar-refractivity contribution in [2.75, 3.05) is 5.32 Å². The molecule has 1 N–H and O–H groups in total. The van der Waals surface area contributed by atoms with Gasteiger partial charge in [0, 0.05) is 34.8 Å². The molecule has 0 radical (unpaired) electrons. The van der Waals surface area contributed by atoms with Gasteiger partial charge in [-0.1, -0.05) is 30.2 Å². The van der Waals surface area contributed by atoms with E-state index in [9.17, 15) is 4.79 Å². The Morgan fingerprint density at radius 2 is 1.88 bits per heavy atom. The summed E-state index contributed by atoms with van der Waals surface area (Å²) >= 11 is 5.91. The SMILES string of the molecule is O=C(Cn1nnc(-c2ccc(Cl)cc2)n1)Nc1cccc(-c2nnc3n2CCCCC3)c1. The maximum absolute atomic E-state index is 12.6. The van der Waals surface area contributed by atoms with Crippen molar-refractivity contribution in [3.8, 4) is 22.8 Å². The van der Waals surface area contributed by atoms with Gasteiger partial charge >= 0.3 is 0 Å². The second-order valence-electron chi connectivity index (χ2n) is 7.68. The summed E-state index contributed by atoms with van der Waals surface area (Å²) in [5, 5.41) is 24.5. The lowest BCUT2D eigenvalue weighted by Crippen LogP contribution is -2.20. The molecule has 1 amide bonds. The van der Waals surface area contributed by atoms with Crippen LogP contribution in [0.5, 0.6) is 0 Å². The highest BCUT2D eigenvalue weighted by molar-refractivity contribution is 6.30. The number of tetrazole rings is 1. The Hall–Kier alpha value is -3.59. The van der Waals surface area contributed by atoms with Gasteiger partial charge in [-0.05, 0) is 54.5 Å². The molecule has 0 saturated carbocycles. The third-order valence-electron chi connectivity index (χ3n) is 5.35. The van der Waals surface area contributed by atoms with Gasteiger partial charge < -0.3 is 9.88 Å². The fourth-order valence-electron chi connectivity index (χ4n) is 3.79. The molecule has 0 fully saturated rings. The summed E-state index contributed by atoms with van der Waals surface area (Å²) in [5.74, 6) is 2.05. The first-order chi connectivity index (χ1) is 15.7. The molecule has 0 unspecified atom stereocenters. The van der Waals surface area contributed by atoms with E-state index in [-0.39, 0.29) is 12.5 Å². The number of nitrogens with zero attached hydrogens (tertiary/aromatic N) is 7. The van der Waals surface area contributed by atoms with Crippen molar-refractivity contribution in [3.05, 3.63) is 59.4 Å². The van der Waals surface area contributed by atoms with Crippen LogP contribution in [-0.2, 0) is 24.3 Å². The highest BCUT2D eigenvalue weighted by Crippen LogP contribution is 2.25. The average molecular weight is 449 g/mol. The Labute approximate surface area is 189 Å². The minimum absolute atomic E-state index is 0.0504. The highest BCUT2D eigenvalue weighted by Gasteiger charge is 2.16. The van der Waals surface area contributed by atoms with Gasteiger partial charge in [-0.15, -0.1) is 20.4 Å². The van der Waals surface area contributed by atoms with Gasteiger partial charge in [0.1, 0.15) is 12.4 Å². The maximum Gasteiger partial charge on any atom is 0.248 e. The van der Waals surface area contributed by atoms with Crippen LogP contribution in [0.1, 0.15) is 25.1 Å². The van der Waals surface area contributed by atoms with Gasteiger partial charge in [0.05, 0.1) is 0 Å². The van der Waals surface area contributed by atoms with Crippen molar-refractivity contribution in [2.45, 2.75) is 38.8 Å². The molecular formula is C22H21ClN8O. The minimum Gasteiger partial charge on any atom is -0.324 e. The van der Waals surface area contributed by atoms with Crippen LogP contribution in [0.25, 0.3) is 22.8 Å². The predicted molar refractivity (Wildman–Crippen MR) is 120 cm³/mol. The fraction of sp³-hybridized carbons (Fsp3) is 0.273. The number of halogens is 1. The van der Waals surface area contributed by atoms with E-state index in [0.717, 1.165) is 48.6 Å². The summed E-state index contributed by atoms with van der Waals surface area (Å²) in [5.41, 5.74) is 2.38. The first-order valence-corrected chi connectivity index (χ1v) is 10.9. The molecule has 10 heteroatoms. The quantitative estimate of drug-likeness (QED) is 0.500. The van der Waals surface area contributed by atoms with Gasteiger partial charge in [-0.25, -0.2) is 0 Å². The molecule has 3 heterocycles. The van der Waals surface area contributed by atoms with Crippen LogP contribution >= 0.6 is 11.6 Å². The Bertz CT molecular complexity index is 1250. The molecule has 0 saturated heterocycles. The molecule has 2 aromatic heterocycles. The van der Waals surface area contributed by atoms with Crippen LogP contribution in [0.2, 0.25) is 5.02 Å². The third kappa shape index (κ3) is 4.38. The van der Waals surface area contributed by atoms with E-state index >= 15 is 0 Å². The number of carbonyl (C=O) groups excluding carboxylic acids is 1. The second-order valence-corrected chi connectivity index (χ2v) is 8.12. The molecule has 162 valence electrons. The number of hydrogen-bond donors (Lipinski definition) is 1. The van der Waals surface area contributed by atoms with E-state index in [2.05, 4.69) is 35.5 Å². The molecular weight excluding hydrogens is 428 g/mol. The minimum atomic E-state index is -0.248. The van der Waals surface area contributed by atoms with E-state index < -0.39 is 0 Å². The zero-order chi connectivity index (χ0) is 21.9. The summed E-state index contributed by atoms with van der Waals surface area (Å²) in [6.07, 6.45) is 4.42. The van der Waals surface area contributed by atoms with Crippen molar-refractivity contribution in [1.82, 2.24) is 35.0 Å². The number of aromatic nitrogens is 7. The van der Waals surface area contributed by atoms with Gasteiger partial charge in [0.25, 0.3) is 0 Å². The largest absolute Gasteiger partial charge is 0.324 e. The van der Waals surface area contributed by atoms with E-state index in [4.69, 9.17) is 11.6 Å². The lowest BCUT2D eigenvalue weighted by Gasteiger charge is -2.09. The summed E-state index contributed by atoms with van der Waals surface area (Å²) in [7, 11) is 0. The zero-order valence-corrected chi connectivity index (χ0v) is 18.0. The van der Waals surface area contributed by atoms with E-state index in [1.807, 2.05) is 24.3 Å². The third-order valence-corrected chi connectivity index (χ3v) is 5.61. The summed E-state index contributed by atoms with van der Waals surface area (Å²) in [4.78, 5) is 13.8. The Morgan fingerprint density at radius 3 is 2.75 bits per heavy atom. The number of anilines is 1. The van der Waals surface area contributed by atoms with Crippen LogP contribution < -0.4 is 5.32 Å². The van der Waals surface area contributed by atoms with Crippen molar-refractivity contribution >= 4 is 23.2 Å². The van der Waals surface area contributed by atoms with Crippen LogP contribution in [-0.4, -0.2) is 40.9 Å². The van der Waals surface area contributed by atoms with E-state index in [0.29, 0.717) is 16.5 Å². The fourth-order valence-corrected chi connectivity index (χ4v) is 3.91. The smallest absolute Gasteiger partial charge is 0.248 e.